The van der Waals surface area contributed by atoms with Gasteiger partial charge in [0.05, 0.1) is 5.69 Å². The van der Waals surface area contributed by atoms with E-state index in [1.807, 2.05) is 6.07 Å². The molecule has 0 saturated carbocycles. The summed E-state index contributed by atoms with van der Waals surface area (Å²) in [7, 11) is 0. The third-order valence-corrected chi connectivity index (χ3v) is 12.7. The SMILES string of the molecule is c1ccc(-c2ccc(-c3ccc(N(c4cccc(-c5cccc6c5oc5ccccc56)c4)c4cc(-c5cc6ccccc6c6ccccc56)ccc4-c4ccccc4)cc3)cc2)cc1. The van der Waals surface area contributed by atoms with E-state index >= 15 is 0 Å². The molecule has 2 heteroatoms. The molecule has 12 aromatic rings. The van der Waals surface area contributed by atoms with Crippen LogP contribution in [0.3, 0.4) is 0 Å². The van der Waals surface area contributed by atoms with Gasteiger partial charge in [0.25, 0.3) is 0 Å². The summed E-state index contributed by atoms with van der Waals surface area (Å²) in [5.41, 5.74) is 16.5. The molecule has 64 heavy (non-hydrogen) atoms. The lowest BCUT2D eigenvalue weighted by atomic mass is 9.91. The molecule has 11 aromatic carbocycles. The third kappa shape index (κ3) is 6.61. The second kappa shape index (κ2) is 15.8. The third-order valence-electron chi connectivity index (χ3n) is 12.7. The molecule has 0 aliphatic heterocycles. The van der Waals surface area contributed by atoms with Gasteiger partial charge in [-0.2, -0.15) is 0 Å². The number of fused-ring (bicyclic) bond motifs is 6. The maximum absolute atomic E-state index is 6.59. The second-order valence-corrected chi connectivity index (χ2v) is 16.4. The van der Waals surface area contributed by atoms with Crippen LogP contribution in [0.15, 0.2) is 253 Å². The van der Waals surface area contributed by atoms with Gasteiger partial charge in [0.2, 0.25) is 0 Å². The second-order valence-electron chi connectivity index (χ2n) is 16.4. The summed E-state index contributed by atoms with van der Waals surface area (Å²) in [4.78, 5) is 2.43. The molecule has 0 spiro atoms. The Morgan fingerprint density at radius 2 is 0.797 bits per heavy atom. The Kier molecular flexibility index (Phi) is 9.20. The number of hydrogen-bond donors (Lipinski definition) is 0. The summed E-state index contributed by atoms with van der Waals surface area (Å²) < 4.78 is 6.59. The number of anilines is 3. The Bertz CT molecular complexity index is 3640. The Balaban J connectivity index is 1.06. The van der Waals surface area contributed by atoms with E-state index < -0.39 is 0 Å². The molecule has 0 aliphatic rings. The molecule has 0 aliphatic carbocycles. The zero-order valence-corrected chi connectivity index (χ0v) is 35.0. The highest BCUT2D eigenvalue weighted by molar-refractivity contribution is 6.14. The quantitative estimate of drug-likeness (QED) is 0.142. The smallest absolute Gasteiger partial charge is 0.143 e. The van der Waals surface area contributed by atoms with Crippen LogP contribution in [-0.2, 0) is 0 Å². The average molecular weight is 816 g/mol. The van der Waals surface area contributed by atoms with Crippen molar-refractivity contribution in [3.8, 4) is 55.6 Å². The molecular formula is C62H41NO. The molecule has 0 atom stereocenters. The summed E-state index contributed by atoms with van der Waals surface area (Å²) in [5.74, 6) is 0. The molecule has 300 valence electrons. The number of hydrogen-bond acceptors (Lipinski definition) is 2. The summed E-state index contributed by atoms with van der Waals surface area (Å²) in [5, 5.41) is 7.20. The van der Waals surface area contributed by atoms with Crippen molar-refractivity contribution in [2.75, 3.05) is 4.90 Å². The van der Waals surface area contributed by atoms with Crippen molar-refractivity contribution in [2.24, 2.45) is 0 Å². The predicted octanol–water partition coefficient (Wildman–Crippen LogP) is 17.7. The zero-order valence-electron chi connectivity index (χ0n) is 35.0. The molecule has 0 fully saturated rings. The maximum atomic E-state index is 6.59. The minimum absolute atomic E-state index is 0.892. The number of rotatable bonds is 8. The normalized spacial score (nSPS) is 11.4. The minimum atomic E-state index is 0.892. The minimum Gasteiger partial charge on any atom is -0.455 e. The molecule has 1 aromatic heterocycles. The first kappa shape index (κ1) is 37.3. The molecule has 0 unspecified atom stereocenters. The van der Waals surface area contributed by atoms with Crippen LogP contribution in [0.25, 0.3) is 99.1 Å². The molecule has 0 bridgehead atoms. The lowest BCUT2D eigenvalue weighted by Gasteiger charge is -2.29. The first-order chi connectivity index (χ1) is 31.7. The van der Waals surface area contributed by atoms with E-state index in [0.29, 0.717) is 0 Å². The van der Waals surface area contributed by atoms with Crippen molar-refractivity contribution in [2.45, 2.75) is 0 Å². The average Bonchev–Trinajstić information content (AvgIpc) is 3.76. The molecule has 0 N–H and O–H groups in total. The molecule has 2 nitrogen and oxygen atoms in total. The summed E-state index contributed by atoms with van der Waals surface area (Å²) in [6.07, 6.45) is 0. The van der Waals surface area contributed by atoms with Gasteiger partial charge in [0.1, 0.15) is 11.2 Å². The Morgan fingerprint density at radius 1 is 0.266 bits per heavy atom. The largest absolute Gasteiger partial charge is 0.455 e. The Hall–Kier alpha value is -8.46. The van der Waals surface area contributed by atoms with Crippen LogP contribution in [0.5, 0.6) is 0 Å². The van der Waals surface area contributed by atoms with E-state index in [4.69, 9.17) is 4.42 Å². The summed E-state index contributed by atoms with van der Waals surface area (Å²) in [6, 6.07) is 89.8. The number of nitrogens with zero attached hydrogens (tertiary/aromatic N) is 1. The van der Waals surface area contributed by atoms with E-state index in [1.54, 1.807) is 0 Å². The molecule has 1 heterocycles. The van der Waals surface area contributed by atoms with Gasteiger partial charge in [-0.05, 0) is 109 Å². The van der Waals surface area contributed by atoms with Gasteiger partial charge in [0.15, 0.2) is 0 Å². The van der Waals surface area contributed by atoms with Crippen LogP contribution in [0.1, 0.15) is 0 Å². The van der Waals surface area contributed by atoms with Gasteiger partial charge in [-0.15, -0.1) is 0 Å². The fourth-order valence-electron chi connectivity index (χ4n) is 9.54. The maximum Gasteiger partial charge on any atom is 0.143 e. The van der Waals surface area contributed by atoms with Crippen LogP contribution in [0.2, 0.25) is 0 Å². The molecule has 0 saturated heterocycles. The monoisotopic (exact) mass is 815 g/mol. The lowest BCUT2D eigenvalue weighted by Crippen LogP contribution is -2.11. The van der Waals surface area contributed by atoms with E-state index in [0.717, 1.165) is 72.4 Å². The highest BCUT2D eigenvalue weighted by Gasteiger charge is 2.21. The molecule has 0 amide bonds. The predicted molar refractivity (Wildman–Crippen MR) is 271 cm³/mol. The zero-order chi connectivity index (χ0) is 42.4. The molecule has 0 radical (unpaired) electrons. The van der Waals surface area contributed by atoms with Crippen LogP contribution in [0, 0.1) is 0 Å². The standard InChI is InChI=1S/C62H41NO/c1-3-15-42(16-4-1)43-29-31-44(32-30-43)45-33-36-50(37-34-45)63(51-21-13-20-47(39-51)54-26-14-27-58-57-25-11-12-28-61(57)64-62(54)58)60-41-49(35-38-53(60)46-17-5-2-6-18-46)59-40-48-19-7-8-22-52(48)55-23-9-10-24-56(55)59/h1-41H. The van der Waals surface area contributed by atoms with Crippen LogP contribution in [-0.4, -0.2) is 0 Å². The van der Waals surface area contributed by atoms with Crippen molar-refractivity contribution >= 4 is 60.5 Å². The topological polar surface area (TPSA) is 16.4 Å². The highest BCUT2D eigenvalue weighted by atomic mass is 16.3. The van der Waals surface area contributed by atoms with E-state index in [-0.39, 0.29) is 0 Å². The van der Waals surface area contributed by atoms with E-state index in [9.17, 15) is 0 Å². The van der Waals surface area contributed by atoms with Gasteiger partial charge < -0.3 is 9.32 Å². The fourth-order valence-corrected chi connectivity index (χ4v) is 9.54. The summed E-state index contributed by atoms with van der Waals surface area (Å²) >= 11 is 0. The molecular weight excluding hydrogens is 775 g/mol. The fraction of sp³-hybridized carbons (Fsp3) is 0. The van der Waals surface area contributed by atoms with Gasteiger partial charge >= 0.3 is 0 Å². The van der Waals surface area contributed by atoms with Gasteiger partial charge in [0, 0.05) is 33.3 Å². The van der Waals surface area contributed by atoms with Crippen molar-refractivity contribution in [3.05, 3.63) is 249 Å². The van der Waals surface area contributed by atoms with Gasteiger partial charge in [-0.1, -0.05) is 206 Å². The Morgan fingerprint density at radius 3 is 1.55 bits per heavy atom. The van der Waals surface area contributed by atoms with Crippen molar-refractivity contribution in [1.82, 2.24) is 0 Å². The molecule has 12 rings (SSSR count). The van der Waals surface area contributed by atoms with Crippen LogP contribution in [0.4, 0.5) is 17.1 Å². The number of furan rings is 1. The van der Waals surface area contributed by atoms with E-state index in [1.165, 1.54) is 43.8 Å². The van der Waals surface area contributed by atoms with Crippen LogP contribution >= 0.6 is 0 Å². The number of para-hydroxylation sites is 2. The van der Waals surface area contributed by atoms with Crippen molar-refractivity contribution < 1.29 is 4.42 Å². The van der Waals surface area contributed by atoms with Gasteiger partial charge in [-0.3, -0.25) is 0 Å². The van der Waals surface area contributed by atoms with Gasteiger partial charge in [-0.25, -0.2) is 0 Å². The highest BCUT2D eigenvalue weighted by Crippen LogP contribution is 2.46. The van der Waals surface area contributed by atoms with Crippen molar-refractivity contribution in [1.29, 1.82) is 0 Å². The lowest BCUT2D eigenvalue weighted by molar-refractivity contribution is 0.670. The summed E-state index contributed by atoms with van der Waals surface area (Å²) in [6.45, 7) is 0. The first-order valence-corrected chi connectivity index (χ1v) is 21.9. The first-order valence-electron chi connectivity index (χ1n) is 21.9. The van der Waals surface area contributed by atoms with Crippen LogP contribution < -0.4 is 4.90 Å². The van der Waals surface area contributed by atoms with E-state index in [2.05, 4.69) is 248 Å². The Labute approximate surface area is 372 Å². The number of benzene rings is 11. The van der Waals surface area contributed by atoms with Crippen molar-refractivity contribution in [3.63, 3.8) is 0 Å².